The van der Waals surface area contributed by atoms with Crippen LogP contribution in [0.15, 0.2) is 4.99 Å². The molecule has 1 saturated heterocycles. The van der Waals surface area contributed by atoms with Crippen molar-refractivity contribution in [1.29, 1.82) is 0 Å². The number of nitrogens with one attached hydrogen (secondary N) is 2. The maximum Gasteiger partial charge on any atom is 0.280 e. The van der Waals surface area contributed by atoms with Crippen LogP contribution in [0.2, 0.25) is 0 Å². The van der Waals surface area contributed by atoms with Crippen LogP contribution >= 0.6 is 11.3 Å². The summed E-state index contributed by atoms with van der Waals surface area (Å²) >= 11 is 1.34. The number of amides is 1. The molecular weight excluding hydrogens is 264 g/mol. The number of carbonyl (C=O) groups is 1. The zero-order valence-electron chi connectivity index (χ0n) is 11.1. The highest BCUT2D eigenvalue weighted by Crippen LogP contribution is 2.23. The van der Waals surface area contributed by atoms with Crippen molar-refractivity contribution in [3.8, 4) is 0 Å². The molecule has 2 rings (SSSR count). The highest BCUT2D eigenvalue weighted by atomic mass is 32.1. The molecule has 0 saturated carbocycles. The number of thiazole rings is 1. The molecule has 19 heavy (non-hydrogen) atoms. The number of aliphatic imine (C=N–C) groups is 1. The molecule has 2 heterocycles. The Hall–Kier alpha value is -1.47. The summed E-state index contributed by atoms with van der Waals surface area (Å²) in [6, 6.07) is 0.187. The molecule has 2 N–H and O–H groups in total. The van der Waals surface area contributed by atoms with Gasteiger partial charge in [-0.05, 0) is 12.8 Å². The fraction of sp³-hybridized carbons (Fsp3) is 0.583. The van der Waals surface area contributed by atoms with Crippen LogP contribution in [0.4, 0.5) is 5.00 Å². The normalized spacial score (nSPS) is 16.7. The molecule has 1 amide bonds. The van der Waals surface area contributed by atoms with Gasteiger partial charge in [0.05, 0.1) is 0 Å². The van der Waals surface area contributed by atoms with Gasteiger partial charge in [-0.3, -0.25) is 9.79 Å². The molecule has 0 aromatic carbocycles. The largest absolute Gasteiger partial charge is 0.381 e. The summed E-state index contributed by atoms with van der Waals surface area (Å²) in [5.41, 5.74) is 0.701. The SMILES string of the molecule is CN=Cc1nc(C(=O)NC2CCOCC2)sc1NC. The Morgan fingerprint density at radius 2 is 2.26 bits per heavy atom. The molecule has 6 nitrogen and oxygen atoms in total. The number of carbonyl (C=O) groups excluding carboxylic acids is 1. The first-order chi connectivity index (χ1) is 9.24. The van der Waals surface area contributed by atoms with E-state index in [1.54, 1.807) is 20.3 Å². The van der Waals surface area contributed by atoms with Gasteiger partial charge in [-0.1, -0.05) is 11.3 Å². The van der Waals surface area contributed by atoms with Crippen LogP contribution in [-0.2, 0) is 4.74 Å². The van der Waals surface area contributed by atoms with E-state index in [0.29, 0.717) is 23.9 Å². The summed E-state index contributed by atoms with van der Waals surface area (Å²) in [7, 11) is 3.49. The molecule has 0 spiro atoms. The van der Waals surface area contributed by atoms with Crippen LogP contribution in [-0.4, -0.2) is 50.5 Å². The second-order valence-electron chi connectivity index (χ2n) is 4.23. The first-order valence-corrected chi connectivity index (χ1v) is 7.05. The minimum atomic E-state index is -0.121. The molecule has 1 fully saturated rings. The van der Waals surface area contributed by atoms with Crippen LogP contribution in [0.1, 0.15) is 28.3 Å². The summed E-state index contributed by atoms with van der Waals surface area (Å²) in [4.78, 5) is 20.4. The molecule has 1 aromatic heterocycles. The molecule has 0 aliphatic carbocycles. The van der Waals surface area contributed by atoms with Crippen molar-refractivity contribution in [2.75, 3.05) is 32.6 Å². The number of anilines is 1. The Morgan fingerprint density at radius 1 is 1.53 bits per heavy atom. The Morgan fingerprint density at radius 3 is 2.89 bits per heavy atom. The number of aromatic nitrogens is 1. The second-order valence-corrected chi connectivity index (χ2v) is 5.23. The molecule has 0 atom stereocenters. The lowest BCUT2D eigenvalue weighted by atomic mass is 10.1. The molecule has 1 aliphatic heterocycles. The number of rotatable bonds is 4. The first-order valence-electron chi connectivity index (χ1n) is 6.24. The van der Waals surface area contributed by atoms with Gasteiger partial charge in [0.1, 0.15) is 10.7 Å². The Balaban J connectivity index is 2.05. The summed E-state index contributed by atoms with van der Waals surface area (Å²) in [5.74, 6) is -0.121. The predicted octanol–water partition coefficient (Wildman–Crippen LogP) is 1.14. The van der Waals surface area contributed by atoms with E-state index in [1.165, 1.54) is 11.3 Å². The third kappa shape index (κ3) is 3.51. The molecule has 1 aromatic rings. The lowest BCUT2D eigenvalue weighted by molar-refractivity contribution is 0.0696. The highest BCUT2D eigenvalue weighted by Gasteiger charge is 2.20. The fourth-order valence-corrected chi connectivity index (χ4v) is 2.70. The Labute approximate surface area is 116 Å². The number of nitrogens with zero attached hydrogens (tertiary/aromatic N) is 2. The van der Waals surface area contributed by atoms with E-state index in [2.05, 4.69) is 20.6 Å². The smallest absolute Gasteiger partial charge is 0.280 e. The maximum absolute atomic E-state index is 12.1. The zero-order chi connectivity index (χ0) is 13.7. The molecule has 7 heteroatoms. The van der Waals surface area contributed by atoms with Gasteiger partial charge < -0.3 is 15.4 Å². The number of hydrogen-bond donors (Lipinski definition) is 2. The van der Waals surface area contributed by atoms with E-state index in [4.69, 9.17) is 4.74 Å². The second kappa shape index (κ2) is 6.63. The van der Waals surface area contributed by atoms with E-state index < -0.39 is 0 Å². The van der Waals surface area contributed by atoms with Crippen LogP contribution < -0.4 is 10.6 Å². The quantitative estimate of drug-likeness (QED) is 0.812. The monoisotopic (exact) mass is 282 g/mol. The lowest BCUT2D eigenvalue weighted by Crippen LogP contribution is -2.38. The number of hydrogen-bond acceptors (Lipinski definition) is 6. The van der Waals surface area contributed by atoms with Crippen molar-refractivity contribution >= 4 is 28.5 Å². The summed E-state index contributed by atoms with van der Waals surface area (Å²) < 4.78 is 5.27. The molecule has 1 aliphatic rings. The van der Waals surface area contributed by atoms with Gasteiger partial charge in [0.25, 0.3) is 5.91 Å². The van der Waals surface area contributed by atoms with Crippen LogP contribution in [0.5, 0.6) is 0 Å². The zero-order valence-corrected chi connectivity index (χ0v) is 11.9. The van der Waals surface area contributed by atoms with Crippen molar-refractivity contribution < 1.29 is 9.53 Å². The van der Waals surface area contributed by atoms with Crippen molar-refractivity contribution in [3.63, 3.8) is 0 Å². The van der Waals surface area contributed by atoms with Gasteiger partial charge >= 0.3 is 0 Å². The van der Waals surface area contributed by atoms with Gasteiger partial charge in [0.15, 0.2) is 5.01 Å². The van der Waals surface area contributed by atoms with E-state index in [-0.39, 0.29) is 11.9 Å². The predicted molar refractivity (Wildman–Crippen MR) is 76.5 cm³/mol. The third-order valence-corrected chi connectivity index (χ3v) is 3.97. The average Bonchev–Trinajstić information content (AvgIpc) is 2.83. The molecular formula is C12H18N4O2S. The standard InChI is InChI=1S/C12H18N4O2S/c1-13-7-9-11(14-2)19-12(16-9)10(17)15-8-3-5-18-6-4-8/h7-8,14H,3-6H2,1-2H3,(H,15,17). The van der Waals surface area contributed by atoms with E-state index in [9.17, 15) is 4.79 Å². The number of ether oxygens (including phenoxy) is 1. The maximum atomic E-state index is 12.1. The van der Waals surface area contributed by atoms with Crippen LogP contribution in [0, 0.1) is 0 Å². The van der Waals surface area contributed by atoms with E-state index >= 15 is 0 Å². The molecule has 104 valence electrons. The third-order valence-electron chi connectivity index (χ3n) is 2.88. The van der Waals surface area contributed by atoms with Gasteiger partial charge in [0.2, 0.25) is 0 Å². The topological polar surface area (TPSA) is 75.6 Å². The van der Waals surface area contributed by atoms with Crippen molar-refractivity contribution in [2.45, 2.75) is 18.9 Å². The van der Waals surface area contributed by atoms with Crippen LogP contribution in [0.3, 0.4) is 0 Å². The van der Waals surface area contributed by atoms with Gasteiger partial charge in [0, 0.05) is 39.6 Å². The molecule has 0 bridgehead atoms. The minimum Gasteiger partial charge on any atom is -0.381 e. The first kappa shape index (κ1) is 14.0. The van der Waals surface area contributed by atoms with Crippen molar-refractivity contribution in [2.24, 2.45) is 4.99 Å². The molecule has 0 unspecified atom stereocenters. The van der Waals surface area contributed by atoms with E-state index in [1.807, 2.05) is 0 Å². The Bertz CT molecular complexity index is 466. The van der Waals surface area contributed by atoms with Crippen LogP contribution in [0.25, 0.3) is 0 Å². The highest BCUT2D eigenvalue weighted by molar-refractivity contribution is 7.17. The van der Waals surface area contributed by atoms with Gasteiger partial charge in [-0.2, -0.15) is 0 Å². The summed E-state index contributed by atoms with van der Waals surface area (Å²) in [6.07, 6.45) is 3.37. The minimum absolute atomic E-state index is 0.121. The summed E-state index contributed by atoms with van der Waals surface area (Å²) in [5, 5.41) is 7.34. The van der Waals surface area contributed by atoms with Gasteiger partial charge in [-0.15, -0.1) is 0 Å². The fourth-order valence-electron chi connectivity index (χ4n) is 1.91. The van der Waals surface area contributed by atoms with E-state index in [0.717, 1.165) is 17.8 Å². The Kier molecular flexibility index (Phi) is 4.86. The lowest BCUT2D eigenvalue weighted by Gasteiger charge is -2.22. The summed E-state index contributed by atoms with van der Waals surface area (Å²) in [6.45, 7) is 1.41. The molecule has 0 radical (unpaired) electrons. The van der Waals surface area contributed by atoms with Crippen molar-refractivity contribution in [3.05, 3.63) is 10.7 Å². The van der Waals surface area contributed by atoms with Gasteiger partial charge in [-0.25, -0.2) is 4.98 Å². The van der Waals surface area contributed by atoms with Crippen molar-refractivity contribution in [1.82, 2.24) is 10.3 Å². The average molecular weight is 282 g/mol.